The third-order valence-electron chi connectivity index (χ3n) is 8.98. The summed E-state index contributed by atoms with van der Waals surface area (Å²) in [5.74, 6) is 36.9. The van der Waals surface area contributed by atoms with E-state index in [1.54, 1.807) is 13.8 Å². The van der Waals surface area contributed by atoms with E-state index >= 15 is 0 Å². The first-order valence-corrected chi connectivity index (χ1v) is 24.8. The first kappa shape index (κ1) is 67.1. The van der Waals surface area contributed by atoms with Gasteiger partial charge in [-0.2, -0.15) is 0 Å². The van der Waals surface area contributed by atoms with Gasteiger partial charge in [0.15, 0.2) is 5.60 Å². The van der Waals surface area contributed by atoms with E-state index in [1.807, 2.05) is 76.2 Å². The maximum Gasteiger partial charge on any atom is 0.171 e. The van der Waals surface area contributed by atoms with Gasteiger partial charge in [0.2, 0.25) is 0 Å². The smallest absolute Gasteiger partial charge is 0.171 e. The standard InChI is InChI=1S/C11H18O2.C11H18O.C10H16O.C10H18O.C9H14O2.C9H16O/c1-10(2,3)4-5-11(12)6-8-13-9-7-11;1-11(2,3)7-4-10-5-8-12-9-6-10;1-9(2,3)7-8-10(11)5-4-6-10;1-9(2,3)6-7-10(4,5)8-11;1-8(2,3)4-5-9(10)6-11-7-9;1-8(2,3)6-7-9(4,5)10/h12H,6-9H2,1-3H3;10H,5-6,8-9H2,1-3H3;11H,4-6H2,1-3H3;11H,8H2,1-5H3;10H,6-7H2,1-3H3;10H,1-5H3. The van der Waals surface area contributed by atoms with E-state index in [9.17, 15) is 20.4 Å². The van der Waals surface area contributed by atoms with E-state index in [1.165, 1.54) is 0 Å². The Kier molecular flexibility index (Phi) is 27.8. The molecular formula is C60H100O8. The van der Waals surface area contributed by atoms with E-state index < -0.39 is 22.4 Å². The molecule has 0 aromatic heterocycles. The minimum absolute atomic E-state index is 0.0139. The lowest BCUT2D eigenvalue weighted by molar-refractivity contribution is -0.141. The zero-order valence-electron chi connectivity index (χ0n) is 47.4. The molecular weight excluding hydrogens is 849 g/mol. The van der Waals surface area contributed by atoms with Crippen LogP contribution in [0.2, 0.25) is 0 Å². The Morgan fingerprint density at radius 3 is 1.03 bits per heavy atom. The van der Waals surface area contributed by atoms with Crippen LogP contribution in [0.15, 0.2) is 0 Å². The van der Waals surface area contributed by atoms with Crippen LogP contribution in [-0.2, 0) is 14.2 Å². The molecule has 388 valence electrons. The van der Waals surface area contributed by atoms with Gasteiger partial charge in [0.25, 0.3) is 0 Å². The summed E-state index contributed by atoms with van der Waals surface area (Å²) in [6.45, 7) is 48.2. The quantitative estimate of drug-likeness (QED) is 0.164. The normalized spacial score (nSPS) is 18.4. The monoisotopic (exact) mass is 949 g/mol. The highest BCUT2D eigenvalue weighted by Crippen LogP contribution is 2.31. The topological polar surface area (TPSA) is 129 Å². The molecule has 0 spiro atoms. The number of aliphatic hydroxyl groups excluding tert-OH is 1. The second-order valence-corrected chi connectivity index (χ2v) is 26.1. The van der Waals surface area contributed by atoms with Gasteiger partial charge in [-0.3, -0.25) is 0 Å². The number of aliphatic hydroxyl groups is 5. The van der Waals surface area contributed by atoms with Crippen molar-refractivity contribution in [3.63, 3.8) is 0 Å². The summed E-state index contributed by atoms with van der Waals surface area (Å²) in [5.41, 5.74) is -3.28. The third kappa shape index (κ3) is 43.1. The Morgan fingerprint density at radius 1 is 0.412 bits per heavy atom. The minimum Gasteiger partial charge on any atom is -0.395 e. The molecule has 0 atom stereocenters. The van der Waals surface area contributed by atoms with Gasteiger partial charge in [0.05, 0.1) is 33.0 Å². The van der Waals surface area contributed by atoms with Crippen LogP contribution in [0.3, 0.4) is 0 Å². The Balaban J connectivity index is 0. The van der Waals surface area contributed by atoms with E-state index in [0.717, 1.165) is 45.3 Å². The molecule has 68 heavy (non-hydrogen) atoms. The van der Waals surface area contributed by atoms with Crippen molar-refractivity contribution >= 4 is 0 Å². The van der Waals surface area contributed by atoms with Crippen molar-refractivity contribution in [2.75, 3.05) is 46.2 Å². The van der Waals surface area contributed by atoms with Gasteiger partial charge in [-0.1, -0.05) is 71.0 Å². The molecule has 0 unspecified atom stereocenters. The molecule has 8 heteroatoms. The summed E-state index contributed by atoms with van der Waals surface area (Å²) in [4.78, 5) is 0. The summed E-state index contributed by atoms with van der Waals surface area (Å²) >= 11 is 0. The molecule has 3 heterocycles. The molecule has 0 amide bonds. The van der Waals surface area contributed by atoms with Crippen LogP contribution in [-0.4, -0.2) is 94.2 Å². The van der Waals surface area contributed by atoms with Crippen molar-refractivity contribution < 1.29 is 39.7 Å². The second kappa shape index (κ2) is 28.2. The number of hydrogen-bond donors (Lipinski definition) is 5. The van der Waals surface area contributed by atoms with Crippen LogP contribution in [0.4, 0.5) is 0 Å². The molecule has 1 aliphatic carbocycles. The summed E-state index contributed by atoms with van der Waals surface area (Å²) in [6, 6.07) is 0. The molecule has 0 aromatic carbocycles. The average Bonchev–Trinajstić information content (AvgIpc) is 3.15. The van der Waals surface area contributed by atoms with Gasteiger partial charge in [-0.15, -0.1) is 0 Å². The maximum atomic E-state index is 9.98. The van der Waals surface area contributed by atoms with Crippen molar-refractivity contribution in [1.29, 1.82) is 0 Å². The fourth-order valence-corrected chi connectivity index (χ4v) is 4.65. The molecule has 5 N–H and O–H groups in total. The van der Waals surface area contributed by atoms with Crippen molar-refractivity contribution in [3.8, 4) is 71.0 Å². The number of hydrogen-bond acceptors (Lipinski definition) is 8. The lowest BCUT2D eigenvalue weighted by Gasteiger charge is -2.31. The molecule has 4 aliphatic rings. The van der Waals surface area contributed by atoms with Gasteiger partial charge >= 0.3 is 0 Å². The maximum absolute atomic E-state index is 9.98. The SMILES string of the molecule is CC(C)(C)C#CC(C)(C)CO.CC(C)(C)C#CC(C)(C)O.CC(C)(C)C#CC1(O)CCC1.CC(C)(C)C#CC1(O)CCOCC1.CC(C)(C)C#CC1(O)COC1.CC(C)(C)C#CC1CCOCC1. The summed E-state index contributed by atoms with van der Waals surface area (Å²) in [5, 5.41) is 47.2. The molecule has 3 saturated heterocycles. The van der Waals surface area contributed by atoms with E-state index in [2.05, 4.69) is 133 Å². The van der Waals surface area contributed by atoms with Gasteiger partial charge in [-0.25, -0.2) is 0 Å². The van der Waals surface area contributed by atoms with Crippen LogP contribution in [0.1, 0.15) is 197 Å². The van der Waals surface area contributed by atoms with Gasteiger partial charge in [0, 0.05) is 69.9 Å². The number of rotatable bonds is 1. The molecule has 4 fully saturated rings. The van der Waals surface area contributed by atoms with Crippen molar-refractivity contribution in [3.05, 3.63) is 0 Å². The molecule has 0 bridgehead atoms. The van der Waals surface area contributed by atoms with Crippen molar-refractivity contribution in [1.82, 2.24) is 0 Å². The van der Waals surface area contributed by atoms with Crippen LogP contribution >= 0.6 is 0 Å². The van der Waals surface area contributed by atoms with E-state index in [4.69, 9.17) is 19.3 Å². The lowest BCUT2D eigenvalue weighted by Crippen LogP contribution is -2.48. The fraction of sp³-hybridized carbons (Fsp3) is 0.800. The van der Waals surface area contributed by atoms with Crippen LogP contribution in [0.25, 0.3) is 0 Å². The lowest BCUT2D eigenvalue weighted by atomic mass is 9.80. The number of ether oxygens (including phenoxy) is 3. The third-order valence-corrected chi connectivity index (χ3v) is 8.98. The molecule has 0 aromatic rings. The van der Waals surface area contributed by atoms with E-state index in [0.29, 0.717) is 45.2 Å². The van der Waals surface area contributed by atoms with E-state index in [-0.39, 0.29) is 44.5 Å². The first-order chi connectivity index (χ1) is 30.3. The average molecular weight is 949 g/mol. The zero-order chi connectivity index (χ0) is 53.6. The molecule has 3 aliphatic heterocycles. The van der Waals surface area contributed by atoms with Gasteiger partial charge in [-0.05, 0) is 184 Å². The van der Waals surface area contributed by atoms with Gasteiger partial charge < -0.3 is 39.7 Å². The van der Waals surface area contributed by atoms with Crippen LogP contribution < -0.4 is 0 Å². The molecule has 0 radical (unpaired) electrons. The fourth-order valence-electron chi connectivity index (χ4n) is 4.65. The second-order valence-electron chi connectivity index (χ2n) is 26.1. The minimum atomic E-state index is -0.854. The van der Waals surface area contributed by atoms with Crippen molar-refractivity contribution in [2.24, 2.45) is 43.8 Å². The summed E-state index contributed by atoms with van der Waals surface area (Å²) in [7, 11) is 0. The van der Waals surface area contributed by atoms with Crippen LogP contribution in [0, 0.1) is 115 Å². The molecule has 4 rings (SSSR count). The predicted molar refractivity (Wildman–Crippen MR) is 284 cm³/mol. The Hall–Kier alpha value is -2.96. The largest absolute Gasteiger partial charge is 0.395 e. The first-order valence-electron chi connectivity index (χ1n) is 24.8. The highest BCUT2D eigenvalue weighted by Gasteiger charge is 2.34. The summed E-state index contributed by atoms with van der Waals surface area (Å²) in [6.07, 6.45) is 6.33. The zero-order valence-corrected chi connectivity index (χ0v) is 47.4. The molecule has 1 saturated carbocycles. The highest BCUT2D eigenvalue weighted by molar-refractivity contribution is 5.22. The van der Waals surface area contributed by atoms with Crippen LogP contribution in [0.5, 0.6) is 0 Å². The van der Waals surface area contributed by atoms with Gasteiger partial charge in [0.1, 0.15) is 16.8 Å². The Morgan fingerprint density at radius 2 is 0.750 bits per heavy atom. The summed E-state index contributed by atoms with van der Waals surface area (Å²) < 4.78 is 15.3. The van der Waals surface area contributed by atoms with Crippen molar-refractivity contribution in [2.45, 2.75) is 220 Å². The molecule has 8 nitrogen and oxygen atoms in total. The Labute approximate surface area is 419 Å². The Bertz CT molecular complexity index is 1730. The predicted octanol–water partition coefficient (Wildman–Crippen LogP) is 10.6. The highest BCUT2D eigenvalue weighted by atomic mass is 16.5.